The molecule has 0 aliphatic heterocycles. The third-order valence-corrected chi connectivity index (χ3v) is 5.06. The molecule has 0 aliphatic carbocycles. The van der Waals surface area contributed by atoms with Crippen molar-refractivity contribution in [3.8, 4) is 23.1 Å². The summed E-state index contributed by atoms with van der Waals surface area (Å²) in [6.45, 7) is 0. The van der Waals surface area contributed by atoms with Crippen LogP contribution in [0.4, 0.5) is 14.9 Å². The summed E-state index contributed by atoms with van der Waals surface area (Å²) >= 11 is 6.29. The maximum atomic E-state index is 13.3. The molecule has 0 saturated carbocycles. The molecule has 4 rings (SSSR count). The first-order valence-electron chi connectivity index (χ1n) is 10.1. The Morgan fingerprint density at radius 1 is 0.943 bits per heavy atom. The number of benzene rings is 3. The van der Waals surface area contributed by atoms with Crippen LogP contribution in [-0.4, -0.2) is 36.1 Å². The van der Waals surface area contributed by atoms with Gasteiger partial charge in [-0.15, -0.1) is 0 Å². The third kappa shape index (κ3) is 5.39. The SMILES string of the molecule is COc1cccc(OC)c1C(=O)NC(=O)Nc1ccc(Oc2cnc3cc(F)ccc3n2)c(Cl)c1. The molecule has 0 unspecified atom stereocenters. The van der Waals surface area contributed by atoms with E-state index >= 15 is 0 Å². The standard InChI is InChI=1S/C24H18ClFN4O5/c1-33-19-4-3-5-20(34-2)22(19)23(31)30-24(32)28-14-7-9-18(15(25)11-14)35-21-12-27-17-10-13(26)6-8-16(17)29-21/h3-12H,1-2H3,(H2,28,30,31,32). The van der Waals surface area contributed by atoms with Gasteiger partial charge in [0, 0.05) is 11.8 Å². The second kappa shape index (κ2) is 10.2. The lowest BCUT2D eigenvalue weighted by Crippen LogP contribution is -2.34. The number of rotatable bonds is 6. The monoisotopic (exact) mass is 496 g/mol. The van der Waals surface area contributed by atoms with Crippen molar-refractivity contribution >= 4 is 40.3 Å². The van der Waals surface area contributed by atoms with Gasteiger partial charge in [0.15, 0.2) is 0 Å². The van der Waals surface area contributed by atoms with E-state index in [2.05, 4.69) is 20.6 Å². The average Bonchev–Trinajstić information content (AvgIpc) is 2.85. The highest BCUT2D eigenvalue weighted by molar-refractivity contribution is 6.32. The molecular weight excluding hydrogens is 479 g/mol. The Hall–Kier alpha value is -4.44. The van der Waals surface area contributed by atoms with Crippen molar-refractivity contribution in [2.24, 2.45) is 0 Å². The molecule has 3 amide bonds. The normalized spacial score (nSPS) is 10.5. The maximum absolute atomic E-state index is 13.3. The van der Waals surface area contributed by atoms with Gasteiger partial charge in [-0.05, 0) is 42.5 Å². The maximum Gasteiger partial charge on any atom is 0.326 e. The number of ether oxygens (including phenoxy) is 3. The number of hydrogen-bond donors (Lipinski definition) is 2. The van der Waals surface area contributed by atoms with Gasteiger partial charge in [-0.1, -0.05) is 17.7 Å². The molecule has 178 valence electrons. The molecule has 0 atom stereocenters. The molecule has 0 radical (unpaired) electrons. The number of urea groups is 1. The van der Waals surface area contributed by atoms with E-state index < -0.39 is 17.8 Å². The Morgan fingerprint density at radius 2 is 1.69 bits per heavy atom. The van der Waals surface area contributed by atoms with Crippen LogP contribution in [0.25, 0.3) is 11.0 Å². The first-order valence-corrected chi connectivity index (χ1v) is 10.5. The van der Waals surface area contributed by atoms with Gasteiger partial charge in [0.1, 0.15) is 28.6 Å². The molecule has 3 aromatic carbocycles. The van der Waals surface area contributed by atoms with Crippen LogP contribution in [0.5, 0.6) is 23.1 Å². The summed E-state index contributed by atoms with van der Waals surface area (Å²) in [5.41, 5.74) is 1.22. The minimum Gasteiger partial charge on any atom is -0.496 e. The Morgan fingerprint density at radius 3 is 2.37 bits per heavy atom. The lowest BCUT2D eigenvalue weighted by Gasteiger charge is -2.13. The van der Waals surface area contributed by atoms with Gasteiger partial charge >= 0.3 is 6.03 Å². The fourth-order valence-corrected chi connectivity index (χ4v) is 3.41. The predicted molar refractivity (Wildman–Crippen MR) is 127 cm³/mol. The lowest BCUT2D eigenvalue weighted by molar-refractivity contribution is 0.0961. The van der Waals surface area contributed by atoms with E-state index in [1.807, 2.05) is 0 Å². The number of carbonyl (C=O) groups excluding carboxylic acids is 2. The molecule has 1 heterocycles. The van der Waals surface area contributed by atoms with E-state index in [-0.39, 0.29) is 33.7 Å². The summed E-state index contributed by atoms with van der Waals surface area (Å²) in [5, 5.41) is 4.91. The molecule has 1 aromatic heterocycles. The first-order chi connectivity index (χ1) is 16.9. The highest BCUT2D eigenvalue weighted by Crippen LogP contribution is 2.32. The lowest BCUT2D eigenvalue weighted by atomic mass is 10.1. The molecule has 2 N–H and O–H groups in total. The Bertz CT molecular complexity index is 1410. The van der Waals surface area contributed by atoms with E-state index in [9.17, 15) is 14.0 Å². The predicted octanol–water partition coefficient (Wildman–Crippen LogP) is 5.19. The summed E-state index contributed by atoms with van der Waals surface area (Å²) in [4.78, 5) is 33.4. The number of methoxy groups -OCH3 is 2. The summed E-state index contributed by atoms with van der Waals surface area (Å²) < 4.78 is 29.4. The molecule has 0 saturated heterocycles. The summed E-state index contributed by atoms with van der Waals surface area (Å²) in [6, 6.07) is 12.5. The van der Waals surface area contributed by atoms with Gasteiger partial charge in [-0.3, -0.25) is 10.1 Å². The van der Waals surface area contributed by atoms with Crippen molar-refractivity contribution in [1.82, 2.24) is 15.3 Å². The van der Waals surface area contributed by atoms with E-state index in [1.165, 1.54) is 56.8 Å². The fourth-order valence-electron chi connectivity index (χ4n) is 3.19. The number of halogens is 2. The number of fused-ring (bicyclic) bond motifs is 1. The van der Waals surface area contributed by atoms with E-state index in [0.29, 0.717) is 16.7 Å². The number of amides is 3. The molecule has 0 fully saturated rings. The van der Waals surface area contributed by atoms with Gasteiger partial charge in [-0.25, -0.2) is 19.2 Å². The second-order valence-corrected chi connectivity index (χ2v) is 7.44. The van der Waals surface area contributed by atoms with Crippen molar-refractivity contribution < 1.29 is 28.2 Å². The van der Waals surface area contributed by atoms with Crippen LogP contribution in [0, 0.1) is 5.82 Å². The molecule has 11 heteroatoms. The van der Waals surface area contributed by atoms with Crippen LogP contribution >= 0.6 is 11.6 Å². The van der Waals surface area contributed by atoms with E-state index in [1.54, 1.807) is 18.2 Å². The van der Waals surface area contributed by atoms with Gasteiger partial charge in [0.05, 0.1) is 36.5 Å². The molecule has 9 nitrogen and oxygen atoms in total. The minimum atomic E-state index is -0.791. The quantitative estimate of drug-likeness (QED) is 0.377. The number of anilines is 1. The van der Waals surface area contributed by atoms with Gasteiger partial charge in [0.25, 0.3) is 5.91 Å². The van der Waals surface area contributed by atoms with E-state index in [4.69, 9.17) is 25.8 Å². The van der Waals surface area contributed by atoms with Crippen molar-refractivity contribution in [2.75, 3.05) is 19.5 Å². The highest BCUT2D eigenvalue weighted by atomic mass is 35.5. The molecule has 4 aromatic rings. The fraction of sp³-hybridized carbons (Fsp3) is 0.0833. The Balaban J connectivity index is 1.44. The zero-order valence-electron chi connectivity index (χ0n) is 18.5. The molecule has 0 aliphatic rings. The van der Waals surface area contributed by atoms with Crippen LogP contribution < -0.4 is 24.8 Å². The Kier molecular flexibility index (Phi) is 6.93. The van der Waals surface area contributed by atoms with Crippen LogP contribution in [-0.2, 0) is 0 Å². The summed E-state index contributed by atoms with van der Waals surface area (Å²) in [5.74, 6) is -0.219. The zero-order chi connectivity index (χ0) is 24.9. The summed E-state index contributed by atoms with van der Waals surface area (Å²) in [7, 11) is 2.81. The smallest absolute Gasteiger partial charge is 0.326 e. The molecule has 0 spiro atoms. The molecule has 0 bridgehead atoms. The van der Waals surface area contributed by atoms with Crippen molar-refractivity contribution in [3.63, 3.8) is 0 Å². The number of imide groups is 1. The molecular formula is C24H18ClFN4O5. The summed E-state index contributed by atoms with van der Waals surface area (Å²) in [6.07, 6.45) is 1.34. The third-order valence-electron chi connectivity index (χ3n) is 4.77. The zero-order valence-corrected chi connectivity index (χ0v) is 19.2. The average molecular weight is 497 g/mol. The largest absolute Gasteiger partial charge is 0.496 e. The van der Waals surface area contributed by atoms with Crippen LogP contribution in [0.2, 0.25) is 5.02 Å². The number of nitrogens with zero attached hydrogens (tertiary/aromatic N) is 2. The molecule has 35 heavy (non-hydrogen) atoms. The topological polar surface area (TPSA) is 112 Å². The van der Waals surface area contributed by atoms with E-state index in [0.717, 1.165) is 0 Å². The van der Waals surface area contributed by atoms with Crippen LogP contribution in [0.1, 0.15) is 10.4 Å². The minimum absolute atomic E-state index is 0.0775. The highest BCUT2D eigenvalue weighted by Gasteiger charge is 2.20. The van der Waals surface area contributed by atoms with Crippen LogP contribution in [0.3, 0.4) is 0 Å². The van der Waals surface area contributed by atoms with Crippen molar-refractivity contribution in [2.45, 2.75) is 0 Å². The number of carbonyl (C=O) groups is 2. The van der Waals surface area contributed by atoms with Gasteiger partial charge in [0.2, 0.25) is 5.88 Å². The second-order valence-electron chi connectivity index (χ2n) is 7.03. The Labute approximate surface area is 203 Å². The van der Waals surface area contributed by atoms with Crippen LogP contribution in [0.15, 0.2) is 60.8 Å². The number of aromatic nitrogens is 2. The van der Waals surface area contributed by atoms with Crippen molar-refractivity contribution in [1.29, 1.82) is 0 Å². The van der Waals surface area contributed by atoms with Gasteiger partial charge < -0.3 is 19.5 Å². The first kappa shape index (κ1) is 23.7. The number of nitrogens with one attached hydrogen (secondary N) is 2. The van der Waals surface area contributed by atoms with Gasteiger partial charge in [-0.2, -0.15) is 0 Å². The number of hydrogen-bond acceptors (Lipinski definition) is 7. The van der Waals surface area contributed by atoms with Crippen molar-refractivity contribution in [3.05, 3.63) is 77.2 Å².